The third kappa shape index (κ3) is 8.72. The first kappa shape index (κ1) is 31.3. The van der Waals surface area contributed by atoms with Gasteiger partial charge in [0, 0.05) is 26.9 Å². The number of halogens is 1. The van der Waals surface area contributed by atoms with E-state index in [1.165, 1.54) is 17.8 Å². The Morgan fingerprint density at radius 3 is 2.09 bits per heavy atom. The summed E-state index contributed by atoms with van der Waals surface area (Å²) < 4.78 is 0. The molecule has 6 nitrogen and oxygen atoms in total. The summed E-state index contributed by atoms with van der Waals surface area (Å²) in [6.45, 7) is 1.99. The second kappa shape index (κ2) is 15.1. The Morgan fingerprint density at radius 1 is 0.711 bits per heavy atom. The highest BCUT2D eigenvalue weighted by Crippen LogP contribution is 2.37. The molecule has 0 bridgehead atoms. The van der Waals surface area contributed by atoms with E-state index >= 15 is 0 Å². The second-order valence-electron chi connectivity index (χ2n) is 10.1. The van der Waals surface area contributed by atoms with Crippen LogP contribution in [0.2, 0.25) is 5.02 Å². The minimum atomic E-state index is -0.556. The Labute approximate surface area is 271 Å². The summed E-state index contributed by atoms with van der Waals surface area (Å²) in [4.78, 5) is 40.9. The normalized spacial score (nSPS) is 11.7. The van der Waals surface area contributed by atoms with Crippen molar-refractivity contribution in [2.75, 3.05) is 10.6 Å². The first-order valence-corrected chi connectivity index (χ1v) is 15.4. The van der Waals surface area contributed by atoms with Gasteiger partial charge in [0.1, 0.15) is 10.9 Å². The number of carbonyl (C=O) groups is 3. The summed E-state index contributed by atoms with van der Waals surface area (Å²) in [6.07, 6.45) is 1.54. The zero-order chi connectivity index (χ0) is 31.6. The number of rotatable bonds is 10. The van der Waals surface area contributed by atoms with E-state index in [1.54, 1.807) is 66.7 Å². The van der Waals surface area contributed by atoms with Gasteiger partial charge in [-0.15, -0.1) is 11.8 Å². The van der Waals surface area contributed by atoms with Crippen LogP contribution in [0, 0.1) is 6.92 Å². The zero-order valence-electron chi connectivity index (χ0n) is 24.4. The van der Waals surface area contributed by atoms with Gasteiger partial charge in [0.15, 0.2) is 0 Å². The molecule has 5 rings (SSSR count). The van der Waals surface area contributed by atoms with Gasteiger partial charge in [0.05, 0.1) is 0 Å². The van der Waals surface area contributed by atoms with Gasteiger partial charge in [-0.25, -0.2) is 0 Å². The van der Waals surface area contributed by atoms with Crippen LogP contribution in [0.5, 0.6) is 0 Å². The van der Waals surface area contributed by atoms with Crippen molar-refractivity contribution in [3.05, 3.63) is 166 Å². The molecule has 45 heavy (non-hydrogen) atoms. The van der Waals surface area contributed by atoms with Gasteiger partial charge in [-0.3, -0.25) is 14.4 Å². The van der Waals surface area contributed by atoms with Crippen LogP contribution in [0.15, 0.2) is 144 Å². The summed E-state index contributed by atoms with van der Waals surface area (Å²) in [6, 6.07) is 40.1. The fourth-order valence-electron chi connectivity index (χ4n) is 4.42. The van der Waals surface area contributed by atoms with Gasteiger partial charge in [-0.05, 0) is 72.7 Å². The van der Waals surface area contributed by atoms with Gasteiger partial charge in [-0.2, -0.15) is 0 Å². The number of aryl methyl sites for hydroxylation is 1. The third-order valence-electron chi connectivity index (χ3n) is 6.74. The maximum atomic E-state index is 13.6. The second-order valence-corrected chi connectivity index (χ2v) is 11.7. The molecule has 0 fully saturated rings. The lowest BCUT2D eigenvalue weighted by Crippen LogP contribution is -2.30. The molecule has 224 valence electrons. The fraction of sp³-hybridized carbons (Fsp3) is 0.0541. The lowest BCUT2D eigenvalue weighted by Gasteiger charge is -2.18. The van der Waals surface area contributed by atoms with Crippen molar-refractivity contribution in [1.82, 2.24) is 5.32 Å². The molecular weight excluding hydrogens is 602 g/mol. The highest BCUT2D eigenvalue weighted by Gasteiger charge is 2.23. The molecule has 0 heterocycles. The van der Waals surface area contributed by atoms with Crippen LogP contribution in [-0.2, 0) is 9.59 Å². The smallest absolute Gasteiger partial charge is 0.272 e. The number of hydrogen-bond acceptors (Lipinski definition) is 4. The molecule has 8 heteroatoms. The number of amides is 3. The van der Waals surface area contributed by atoms with Crippen LogP contribution >= 0.6 is 23.4 Å². The molecule has 0 saturated carbocycles. The summed E-state index contributed by atoms with van der Waals surface area (Å²) in [5, 5.41) is 8.52. The van der Waals surface area contributed by atoms with Crippen LogP contribution < -0.4 is 16.0 Å². The average molecular weight is 632 g/mol. The van der Waals surface area contributed by atoms with Gasteiger partial charge in [-0.1, -0.05) is 102 Å². The van der Waals surface area contributed by atoms with Crippen molar-refractivity contribution in [2.24, 2.45) is 0 Å². The molecule has 3 N–H and O–H groups in total. The van der Waals surface area contributed by atoms with Gasteiger partial charge in [0.2, 0.25) is 5.91 Å². The molecule has 5 aromatic carbocycles. The molecule has 0 aliphatic heterocycles. The molecule has 0 spiro atoms. The van der Waals surface area contributed by atoms with Gasteiger partial charge in [0.25, 0.3) is 11.8 Å². The molecule has 0 aliphatic carbocycles. The van der Waals surface area contributed by atoms with Crippen molar-refractivity contribution < 1.29 is 14.4 Å². The summed E-state index contributed by atoms with van der Waals surface area (Å²) in [5.74, 6) is -1.13. The monoisotopic (exact) mass is 631 g/mol. The molecular formula is C37H30ClN3O3S. The minimum Gasteiger partial charge on any atom is -0.325 e. The van der Waals surface area contributed by atoms with E-state index in [-0.39, 0.29) is 11.6 Å². The highest BCUT2D eigenvalue weighted by molar-refractivity contribution is 8.00. The summed E-state index contributed by atoms with van der Waals surface area (Å²) >= 11 is 7.73. The maximum Gasteiger partial charge on any atom is 0.272 e. The van der Waals surface area contributed by atoms with Crippen LogP contribution in [0.4, 0.5) is 11.4 Å². The van der Waals surface area contributed by atoms with E-state index in [0.29, 0.717) is 27.5 Å². The predicted molar refractivity (Wildman–Crippen MR) is 183 cm³/mol. The lowest BCUT2D eigenvalue weighted by atomic mass is 10.1. The van der Waals surface area contributed by atoms with Crippen LogP contribution in [0.3, 0.4) is 0 Å². The van der Waals surface area contributed by atoms with Crippen molar-refractivity contribution in [1.29, 1.82) is 0 Å². The van der Waals surface area contributed by atoms with E-state index in [9.17, 15) is 14.4 Å². The van der Waals surface area contributed by atoms with Gasteiger partial charge < -0.3 is 16.0 Å². The first-order valence-electron chi connectivity index (χ1n) is 14.2. The van der Waals surface area contributed by atoms with Crippen molar-refractivity contribution >= 4 is 58.5 Å². The molecule has 5 aromatic rings. The maximum absolute atomic E-state index is 13.6. The van der Waals surface area contributed by atoms with E-state index in [2.05, 4.69) is 16.0 Å². The largest absolute Gasteiger partial charge is 0.325 e. The Kier molecular flexibility index (Phi) is 10.5. The average Bonchev–Trinajstić information content (AvgIpc) is 3.06. The zero-order valence-corrected chi connectivity index (χ0v) is 25.9. The van der Waals surface area contributed by atoms with Crippen molar-refractivity contribution in [3.8, 4) is 0 Å². The molecule has 0 aliphatic rings. The minimum absolute atomic E-state index is 0.0228. The highest BCUT2D eigenvalue weighted by atomic mass is 35.5. The Morgan fingerprint density at radius 2 is 1.38 bits per heavy atom. The van der Waals surface area contributed by atoms with Crippen molar-refractivity contribution in [3.63, 3.8) is 0 Å². The third-order valence-corrected chi connectivity index (χ3v) is 8.33. The summed E-state index contributed by atoms with van der Waals surface area (Å²) in [5.41, 5.74) is 4.16. The summed E-state index contributed by atoms with van der Waals surface area (Å²) in [7, 11) is 0. The number of carbonyl (C=O) groups excluding carboxylic acids is 3. The molecule has 1 unspecified atom stereocenters. The standard InChI is InChI=1S/C37H30ClN3O3S/c1-25-19-21-29(22-20-25)39-37(44)34(26-11-4-2-5-12-26)45-31-17-10-16-30(24-31)40-36(43)33(23-28-15-8-9-18-32(28)38)41-35(42)27-13-6-3-7-14-27/h2-24,34H,1H3,(H,39,44)(H,40,43)(H,41,42)/b33-23+. The lowest BCUT2D eigenvalue weighted by molar-refractivity contribution is -0.116. The van der Waals surface area contributed by atoms with E-state index in [0.717, 1.165) is 16.0 Å². The number of benzene rings is 5. The topological polar surface area (TPSA) is 87.3 Å². The first-order chi connectivity index (χ1) is 21.9. The predicted octanol–water partition coefficient (Wildman–Crippen LogP) is 8.53. The molecule has 1 atom stereocenters. The molecule has 3 amide bonds. The number of nitrogens with one attached hydrogen (secondary N) is 3. The van der Waals surface area contributed by atoms with Crippen LogP contribution in [0.1, 0.15) is 32.3 Å². The fourth-order valence-corrected chi connectivity index (χ4v) is 5.69. The Hall–Kier alpha value is -5.11. The molecule has 0 radical (unpaired) electrons. The quantitative estimate of drug-likeness (QED) is 0.106. The SMILES string of the molecule is Cc1ccc(NC(=O)C(Sc2cccc(NC(=O)/C(=C\c3ccccc3Cl)NC(=O)c3ccccc3)c2)c2ccccc2)cc1. The van der Waals surface area contributed by atoms with Crippen LogP contribution in [-0.4, -0.2) is 17.7 Å². The Balaban J connectivity index is 1.38. The van der Waals surface area contributed by atoms with E-state index in [4.69, 9.17) is 11.6 Å². The van der Waals surface area contributed by atoms with Gasteiger partial charge >= 0.3 is 0 Å². The number of hydrogen-bond donors (Lipinski definition) is 3. The van der Waals surface area contributed by atoms with Crippen LogP contribution in [0.25, 0.3) is 6.08 Å². The van der Waals surface area contributed by atoms with E-state index < -0.39 is 17.1 Å². The molecule has 0 saturated heterocycles. The Bertz CT molecular complexity index is 1830. The van der Waals surface area contributed by atoms with E-state index in [1.807, 2.05) is 73.7 Å². The molecule has 0 aromatic heterocycles. The number of anilines is 2. The van der Waals surface area contributed by atoms with Crippen molar-refractivity contribution in [2.45, 2.75) is 17.1 Å². The number of thioether (sulfide) groups is 1.